The summed E-state index contributed by atoms with van der Waals surface area (Å²) >= 11 is 1.13. The number of methoxy groups -OCH3 is 2. The van der Waals surface area contributed by atoms with Crippen LogP contribution in [0.25, 0.3) is 0 Å². The van der Waals surface area contributed by atoms with Crippen LogP contribution in [0, 0.1) is 0 Å². The topological polar surface area (TPSA) is 73.9 Å². The Morgan fingerprint density at radius 2 is 1.96 bits per heavy atom. The highest BCUT2D eigenvalue weighted by atomic mass is 32.2. The van der Waals surface area contributed by atoms with Crippen molar-refractivity contribution < 1.29 is 23.2 Å². The fraction of sp³-hybridized carbons (Fsp3) is 0.300. The molecule has 1 aliphatic heterocycles. The number of rotatable bonds is 7. The Morgan fingerprint density at radius 3 is 2.63 bits per heavy atom. The monoisotopic (exact) mass is 387 g/mol. The van der Waals surface area contributed by atoms with Crippen LogP contribution in [0.1, 0.15) is 11.1 Å². The molecular weight excluding hydrogens is 366 g/mol. The fourth-order valence-electron chi connectivity index (χ4n) is 2.90. The van der Waals surface area contributed by atoms with Crippen molar-refractivity contribution in [1.29, 1.82) is 0 Å². The summed E-state index contributed by atoms with van der Waals surface area (Å²) in [6.45, 7) is 0. The van der Waals surface area contributed by atoms with E-state index in [-0.39, 0.29) is 5.91 Å². The van der Waals surface area contributed by atoms with Gasteiger partial charge in [-0.2, -0.15) is 0 Å². The van der Waals surface area contributed by atoms with Crippen LogP contribution in [-0.2, 0) is 26.6 Å². The molecule has 2 aromatic carbocycles. The number of benzene rings is 2. The van der Waals surface area contributed by atoms with Crippen molar-refractivity contribution in [2.75, 3.05) is 14.2 Å². The van der Waals surface area contributed by atoms with E-state index in [0.717, 1.165) is 34.4 Å². The molecule has 142 valence electrons. The Labute approximate surface area is 162 Å². The molecular formula is C20H21NO5S. The fourth-order valence-corrected chi connectivity index (χ4v) is 3.68. The van der Waals surface area contributed by atoms with Crippen LogP contribution in [0.5, 0.6) is 11.5 Å². The lowest BCUT2D eigenvalue weighted by Gasteiger charge is -2.25. The van der Waals surface area contributed by atoms with E-state index < -0.39 is 12.1 Å². The Balaban J connectivity index is 1.67. The molecule has 1 N–H and O–H groups in total. The molecule has 27 heavy (non-hydrogen) atoms. The third-order valence-corrected chi connectivity index (χ3v) is 5.20. The van der Waals surface area contributed by atoms with Gasteiger partial charge in [0.2, 0.25) is 0 Å². The van der Waals surface area contributed by atoms with E-state index >= 15 is 0 Å². The minimum absolute atomic E-state index is 0.309. The van der Waals surface area contributed by atoms with Crippen LogP contribution in [-0.4, -0.2) is 38.6 Å². The summed E-state index contributed by atoms with van der Waals surface area (Å²) in [5.41, 5.74) is 1.92. The maximum absolute atomic E-state index is 12.6. The molecule has 6 nitrogen and oxygen atoms in total. The second-order valence-corrected chi connectivity index (χ2v) is 6.93. The van der Waals surface area contributed by atoms with Crippen LogP contribution in [0.4, 0.5) is 0 Å². The van der Waals surface area contributed by atoms with E-state index in [1.54, 1.807) is 14.2 Å². The predicted octanol–water partition coefficient (Wildman–Crippen LogP) is 2.58. The highest BCUT2D eigenvalue weighted by Crippen LogP contribution is 2.39. The van der Waals surface area contributed by atoms with Gasteiger partial charge in [0.05, 0.1) is 20.3 Å². The minimum atomic E-state index is -0.682. The van der Waals surface area contributed by atoms with Crippen LogP contribution >= 0.6 is 12.0 Å². The second kappa shape index (κ2) is 8.92. The van der Waals surface area contributed by atoms with E-state index in [2.05, 4.69) is 5.32 Å². The third kappa shape index (κ3) is 4.61. The van der Waals surface area contributed by atoms with E-state index in [9.17, 15) is 9.59 Å². The molecule has 0 aliphatic carbocycles. The normalized spacial score (nSPS) is 16.7. The molecule has 0 spiro atoms. The summed E-state index contributed by atoms with van der Waals surface area (Å²) in [4.78, 5) is 24.9. The molecule has 0 saturated heterocycles. The molecule has 0 saturated carbocycles. The number of carbonyl (C=O) groups excluding carboxylic acids is 2. The largest absolute Gasteiger partial charge is 0.493 e. The lowest BCUT2D eigenvalue weighted by Crippen LogP contribution is -2.45. The molecule has 0 fully saturated rings. The Kier molecular flexibility index (Phi) is 6.36. The van der Waals surface area contributed by atoms with Gasteiger partial charge < -0.3 is 19.6 Å². The van der Waals surface area contributed by atoms with Crippen molar-refractivity contribution in [3.8, 4) is 11.5 Å². The summed E-state index contributed by atoms with van der Waals surface area (Å²) in [5.74, 6) is 0.905. The van der Waals surface area contributed by atoms with Gasteiger partial charge in [-0.3, -0.25) is 8.98 Å². The highest BCUT2D eigenvalue weighted by Gasteiger charge is 2.29. The van der Waals surface area contributed by atoms with E-state index in [1.807, 2.05) is 42.5 Å². The van der Waals surface area contributed by atoms with E-state index in [0.29, 0.717) is 24.3 Å². The predicted molar refractivity (Wildman–Crippen MR) is 102 cm³/mol. The van der Waals surface area contributed by atoms with Crippen molar-refractivity contribution in [2.45, 2.75) is 29.9 Å². The van der Waals surface area contributed by atoms with Gasteiger partial charge in [-0.25, -0.2) is 0 Å². The Hall–Kier alpha value is -2.51. The first-order valence-electron chi connectivity index (χ1n) is 8.52. The minimum Gasteiger partial charge on any atom is -0.493 e. The van der Waals surface area contributed by atoms with Gasteiger partial charge in [0.15, 0.2) is 17.6 Å². The summed E-state index contributed by atoms with van der Waals surface area (Å²) in [5, 5.41) is 2.77. The molecule has 0 bridgehead atoms. The average molecular weight is 387 g/mol. The van der Waals surface area contributed by atoms with Gasteiger partial charge in [0, 0.05) is 29.4 Å². The number of hydrogen-bond acceptors (Lipinski definition) is 6. The Morgan fingerprint density at radius 1 is 1.26 bits per heavy atom. The average Bonchev–Trinajstić information content (AvgIpc) is 2.72. The zero-order valence-electron chi connectivity index (χ0n) is 15.1. The van der Waals surface area contributed by atoms with Gasteiger partial charge >= 0.3 is 0 Å². The maximum Gasteiger partial charge on any atom is 0.251 e. The van der Waals surface area contributed by atoms with Crippen molar-refractivity contribution in [3.63, 3.8) is 0 Å². The van der Waals surface area contributed by atoms with Crippen molar-refractivity contribution >= 4 is 24.2 Å². The first-order valence-corrected chi connectivity index (χ1v) is 9.26. The first kappa shape index (κ1) is 19.3. The number of aldehydes is 1. The zero-order valence-corrected chi connectivity index (χ0v) is 16.0. The Bertz CT molecular complexity index is 812. The highest BCUT2D eigenvalue weighted by molar-refractivity contribution is 7.94. The number of carbonyl (C=O) groups is 2. The van der Waals surface area contributed by atoms with Gasteiger partial charge in [0.1, 0.15) is 6.29 Å². The smallest absolute Gasteiger partial charge is 0.251 e. The van der Waals surface area contributed by atoms with Crippen LogP contribution in [0.2, 0.25) is 0 Å². The van der Waals surface area contributed by atoms with Crippen molar-refractivity contribution in [3.05, 3.63) is 53.6 Å². The number of hydrogen-bond donors (Lipinski definition) is 1. The summed E-state index contributed by atoms with van der Waals surface area (Å²) in [7, 11) is 3.14. The lowest BCUT2D eigenvalue weighted by atomic mass is 10.0. The molecule has 3 rings (SSSR count). The molecule has 7 heteroatoms. The molecule has 0 radical (unpaired) electrons. The number of nitrogens with one attached hydrogen (secondary N) is 1. The van der Waals surface area contributed by atoms with Gasteiger partial charge in [-0.1, -0.05) is 30.3 Å². The maximum atomic E-state index is 12.6. The standard InChI is InChI=1S/C20H21NO5S/c1-24-16-9-14-10-18(26-27-19(14)11-17(16)25-2)20(23)21-15(12-22)8-13-6-4-3-5-7-13/h3-7,9,11-12,15,18H,8,10H2,1-2H3,(H,21,23)/t15-,18?/m0/s1. The van der Waals surface area contributed by atoms with Crippen molar-refractivity contribution in [1.82, 2.24) is 5.32 Å². The molecule has 2 aromatic rings. The molecule has 2 atom stereocenters. The van der Waals surface area contributed by atoms with Crippen LogP contribution in [0.3, 0.4) is 0 Å². The summed E-state index contributed by atoms with van der Waals surface area (Å²) < 4.78 is 16.2. The van der Waals surface area contributed by atoms with Crippen LogP contribution < -0.4 is 14.8 Å². The molecule has 0 aromatic heterocycles. The van der Waals surface area contributed by atoms with Crippen LogP contribution in [0.15, 0.2) is 47.4 Å². The number of ether oxygens (including phenoxy) is 2. The van der Waals surface area contributed by atoms with Gasteiger partial charge in [0.25, 0.3) is 5.91 Å². The first-order chi connectivity index (χ1) is 13.1. The number of fused-ring (bicyclic) bond motifs is 1. The van der Waals surface area contributed by atoms with E-state index in [1.165, 1.54) is 0 Å². The summed E-state index contributed by atoms with van der Waals surface area (Å²) in [6.07, 6.45) is 0.907. The quantitative estimate of drug-likeness (QED) is 0.581. The van der Waals surface area contributed by atoms with Crippen molar-refractivity contribution in [2.24, 2.45) is 0 Å². The molecule has 1 aliphatic rings. The lowest BCUT2D eigenvalue weighted by molar-refractivity contribution is -0.129. The van der Waals surface area contributed by atoms with Gasteiger partial charge in [-0.05, 0) is 23.6 Å². The third-order valence-electron chi connectivity index (χ3n) is 4.31. The molecule has 1 heterocycles. The van der Waals surface area contributed by atoms with E-state index in [4.69, 9.17) is 13.7 Å². The molecule has 1 amide bonds. The summed E-state index contributed by atoms with van der Waals surface area (Å²) in [6, 6.07) is 12.6. The molecule has 1 unspecified atom stereocenters. The SMILES string of the molecule is COc1cc2c(cc1OC)SOC(C(=O)N[C@H](C=O)Cc1ccccc1)C2. The second-order valence-electron chi connectivity index (χ2n) is 6.13. The van der Waals surface area contributed by atoms with Gasteiger partial charge in [-0.15, -0.1) is 0 Å². The number of amides is 1. The zero-order chi connectivity index (χ0) is 19.2.